The minimum Gasteiger partial charge on any atom is -0.350 e. The highest BCUT2D eigenvalue weighted by Gasteiger charge is 2.31. The van der Waals surface area contributed by atoms with Gasteiger partial charge in [-0.05, 0) is 56.0 Å². The standard InChI is InChI=1S/C22H29BrN2O3S/c1-21(2,3)16-22(4,5)24-20(26)15-25(18-11-9-10-17(23)14-18)29(27,28)19-12-7-6-8-13-19/h6-14H,15-16H2,1-5H3,(H,24,26). The number of benzene rings is 2. The van der Waals surface area contributed by atoms with Crippen molar-refractivity contribution in [1.29, 1.82) is 0 Å². The number of amides is 1. The molecule has 0 saturated heterocycles. The normalized spacial score (nSPS) is 12.5. The number of carbonyl (C=O) groups is 1. The summed E-state index contributed by atoms with van der Waals surface area (Å²) in [5.41, 5.74) is -0.0157. The Morgan fingerprint density at radius 2 is 1.62 bits per heavy atom. The number of nitrogens with zero attached hydrogens (tertiary/aromatic N) is 1. The van der Waals surface area contributed by atoms with Gasteiger partial charge < -0.3 is 5.32 Å². The Bertz CT molecular complexity index is 952. The lowest BCUT2D eigenvalue weighted by Gasteiger charge is -2.34. The molecular formula is C22H29BrN2O3S. The van der Waals surface area contributed by atoms with Gasteiger partial charge in [0, 0.05) is 10.0 Å². The van der Waals surface area contributed by atoms with Crippen LogP contribution in [-0.2, 0) is 14.8 Å². The Hall–Kier alpha value is -1.86. The molecule has 158 valence electrons. The molecule has 0 fully saturated rings. The van der Waals surface area contributed by atoms with Crippen molar-refractivity contribution < 1.29 is 13.2 Å². The molecule has 0 aliphatic carbocycles. The van der Waals surface area contributed by atoms with Gasteiger partial charge in [-0.3, -0.25) is 9.10 Å². The van der Waals surface area contributed by atoms with Gasteiger partial charge in [0.05, 0.1) is 10.6 Å². The molecule has 0 unspecified atom stereocenters. The minimum atomic E-state index is -3.90. The van der Waals surface area contributed by atoms with Crippen LogP contribution < -0.4 is 9.62 Å². The van der Waals surface area contributed by atoms with Crippen molar-refractivity contribution in [2.24, 2.45) is 5.41 Å². The van der Waals surface area contributed by atoms with E-state index >= 15 is 0 Å². The molecule has 29 heavy (non-hydrogen) atoms. The number of carbonyl (C=O) groups excluding carboxylic acids is 1. The zero-order valence-corrected chi connectivity index (χ0v) is 20.0. The zero-order valence-electron chi connectivity index (χ0n) is 17.6. The van der Waals surface area contributed by atoms with E-state index in [-0.39, 0.29) is 22.8 Å². The van der Waals surface area contributed by atoms with E-state index in [9.17, 15) is 13.2 Å². The largest absolute Gasteiger partial charge is 0.350 e. The number of sulfonamides is 1. The van der Waals surface area contributed by atoms with Crippen molar-refractivity contribution in [3.63, 3.8) is 0 Å². The van der Waals surface area contributed by atoms with Crippen LogP contribution in [0.15, 0.2) is 64.0 Å². The summed E-state index contributed by atoms with van der Waals surface area (Å²) < 4.78 is 28.5. The quantitative estimate of drug-likeness (QED) is 0.607. The van der Waals surface area contributed by atoms with Crippen molar-refractivity contribution in [3.05, 3.63) is 59.1 Å². The molecule has 1 N–H and O–H groups in total. The van der Waals surface area contributed by atoms with Crippen molar-refractivity contribution in [2.45, 2.75) is 51.5 Å². The SMILES string of the molecule is CC(C)(C)CC(C)(C)NC(=O)CN(c1cccc(Br)c1)S(=O)(=O)c1ccccc1. The maximum absolute atomic E-state index is 13.3. The second kappa shape index (κ2) is 8.88. The van der Waals surface area contributed by atoms with Crippen LogP contribution in [0.5, 0.6) is 0 Å². The first kappa shape index (κ1) is 23.4. The summed E-state index contributed by atoms with van der Waals surface area (Å²) in [6.07, 6.45) is 0.758. The highest BCUT2D eigenvalue weighted by molar-refractivity contribution is 9.10. The monoisotopic (exact) mass is 480 g/mol. The van der Waals surface area contributed by atoms with E-state index in [0.717, 1.165) is 15.2 Å². The van der Waals surface area contributed by atoms with E-state index in [0.29, 0.717) is 5.69 Å². The van der Waals surface area contributed by atoms with Gasteiger partial charge in [-0.2, -0.15) is 0 Å². The molecule has 0 atom stereocenters. The Kier molecular flexibility index (Phi) is 7.17. The fourth-order valence-electron chi connectivity index (χ4n) is 3.58. The van der Waals surface area contributed by atoms with Gasteiger partial charge in [0.25, 0.3) is 10.0 Å². The van der Waals surface area contributed by atoms with Gasteiger partial charge in [0.2, 0.25) is 5.91 Å². The second-order valence-electron chi connectivity index (χ2n) is 8.97. The molecule has 0 bridgehead atoms. The van der Waals surface area contributed by atoms with E-state index in [1.807, 2.05) is 19.9 Å². The molecule has 1 amide bonds. The van der Waals surface area contributed by atoms with Gasteiger partial charge in [0.15, 0.2) is 0 Å². The number of hydrogen-bond donors (Lipinski definition) is 1. The molecule has 0 saturated carbocycles. The summed E-state index contributed by atoms with van der Waals surface area (Å²) in [5, 5.41) is 2.99. The summed E-state index contributed by atoms with van der Waals surface area (Å²) >= 11 is 3.38. The topological polar surface area (TPSA) is 66.5 Å². The van der Waals surface area contributed by atoms with Gasteiger partial charge >= 0.3 is 0 Å². The van der Waals surface area contributed by atoms with E-state index in [1.165, 1.54) is 12.1 Å². The molecule has 0 aliphatic rings. The smallest absolute Gasteiger partial charge is 0.264 e. The third-order valence-corrected chi connectivity index (χ3v) is 6.45. The maximum Gasteiger partial charge on any atom is 0.264 e. The molecule has 0 spiro atoms. The summed E-state index contributed by atoms with van der Waals surface area (Å²) in [6, 6.07) is 15.1. The van der Waals surface area contributed by atoms with Crippen LogP contribution in [-0.4, -0.2) is 26.4 Å². The predicted octanol–water partition coefficient (Wildman–Crippen LogP) is 4.98. The summed E-state index contributed by atoms with van der Waals surface area (Å²) in [6.45, 7) is 9.91. The zero-order chi connectivity index (χ0) is 21.9. The molecule has 2 aromatic carbocycles. The Labute approximate surface area is 182 Å². The van der Waals surface area contributed by atoms with E-state index in [4.69, 9.17) is 0 Å². The second-order valence-corrected chi connectivity index (χ2v) is 11.8. The lowest BCUT2D eigenvalue weighted by atomic mass is 9.82. The summed E-state index contributed by atoms with van der Waals surface area (Å²) in [7, 11) is -3.90. The minimum absolute atomic E-state index is 0.0247. The Morgan fingerprint density at radius 3 is 2.17 bits per heavy atom. The van der Waals surface area contributed by atoms with Crippen LogP contribution in [0.4, 0.5) is 5.69 Å². The fourth-order valence-corrected chi connectivity index (χ4v) is 5.40. The molecule has 0 heterocycles. The number of hydrogen-bond acceptors (Lipinski definition) is 3. The Balaban J connectivity index is 2.36. The van der Waals surface area contributed by atoms with E-state index < -0.39 is 15.6 Å². The first-order valence-corrected chi connectivity index (χ1v) is 11.7. The summed E-state index contributed by atoms with van der Waals surface area (Å²) in [4.78, 5) is 13.0. The summed E-state index contributed by atoms with van der Waals surface area (Å²) in [5.74, 6) is -0.348. The molecule has 0 radical (unpaired) electrons. The van der Waals surface area contributed by atoms with Crippen LogP contribution in [0, 0.1) is 5.41 Å². The lowest BCUT2D eigenvalue weighted by Crippen LogP contribution is -2.50. The van der Waals surface area contributed by atoms with Crippen LogP contribution in [0.1, 0.15) is 41.0 Å². The average molecular weight is 481 g/mol. The predicted molar refractivity (Wildman–Crippen MR) is 121 cm³/mol. The number of nitrogens with one attached hydrogen (secondary N) is 1. The Morgan fingerprint density at radius 1 is 1.00 bits per heavy atom. The van der Waals surface area contributed by atoms with Crippen molar-refractivity contribution in [2.75, 3.05) is 10.8 Å². The number of rotatable bonds is 7. The van der Waals surface area contributed by atoms with Gasteiger partial charge in [-0.1, -0.05) is 61.0 Å². The molecule has 2 aromatic rings. The van der Waals surface area contributed by atoms with Crippen LogP contribution in [0.25, 0.3) is 0 Å². The number of halogens is 1. The molecular weight excluding hydrogens is 452 g/mol. The van der Waals surface area contributed by atoms with E-state index in [2.05, 4.69) is 42.0 Å². The van der Waals surface area contributed by atoms with Crippen molar-refractivity contribution >= 4 is 37.5 Å². The van der Waals surface area contributed by atoms with Gasteiger partial charge in [-0.15, -0.1) is 0 Å². The molecule has 5 nitrogen and oxygen atoms in total. The molecule has 2 rings (SSSR count). The maximum atomic E-state index is 13.3. The van der Waals surface area contributed by atoms with Crippen LogP contribution in [0.3, 0.4) is 0 Å². The van der Waals surface area contributed by atoms with Gasteiger partial charge in [-0.25, -0.2) is 8.42 Å². The third-order valence-electron chi connectivity index (χ3n) is 4.16. The lowest BCUT2D eigenvalue weighted by molar-refractivity contribution is -0.121. The first-order chi connectivity index (χ1) is 13.3. The van der Waals surface area contributed by atoms with Gasteiger partial charge in [0.1, 0.15) is 6.54 Å². The molecule has 0 aliphatic heterocycles. The van der Waals surface area contributed by atoms with Crippen LogP contribution in [0.2, 0.25) is 0 Å². The first-order valence-electron chi connectivity index (χ1n) is 9.45. The highest BCUT2D eigenvalue weighted by atomic mass is 79.9. The van der Waals surface area contributed by atoms with Crippen LogP contribution >= 0.6 is 15.9 Å². The molecule has 7 heteroatoms. The third kappa shape index (κ3) is 6.85. The van der Waals surface area contributed by atoms with Crippen molar-refractivity contribution in [1.82, 2.24) is 5.32 Å². The highest BCUT2D eigenvalue weighted by Crippen LogP contribution is 2.28. The fraction of sp³-hybridized carbons (Fsp3) is 0.409. The average Bonchev–Trinajstić information content (AvgIpc) is 2.57. The number of anilines is 1. The van der Waals surface area contributed by atoms with E-state index in [1.54, 1.807) is 36.4 Å². The molecule has 0 aromatic heterocycles. The van der Waals surface area contributed by atoms with Crippen molar-refractivity contribution in [3.8, 4) is 0 Å².